The van der Waals surface area contributed by atoms with Crippen molar-refractivity contribution in [3.8, 4) is 11.8 Å². The molecular weight excluding hydrogens is 188 g/mol. The van der Waals surface area contributed by atoms with Crippen LogP contribution in [0, 0.1) is 11.8 Å². The zero-order valence-corrected chi connectivity index (χ0v) is 8.61. The predicted molar refractivity (Wildman–Crippen MR) is 58.2 cm³/mol. The summed E-state index contributed by atoms with van der Waals surface area (Å²) in [5.41, 5.74) is 0.743. The van der Waals surface area contributed by atoms with Gasteiger partial charge in [0.2, 0.25) is 0 Å². The molecule has 0 aliphatic carbocycles. The summed E-state index contributed by atoms with van der Waals surface area (Å²) < 4.78 is 0. The van der Waals surface area contributed by atoms with Crippen molar-refractivity contribution in [1.82, 2.24) is 20.2 Å². The molecule has 1 fully saturated rings. The molecule has 2 heterocycles. The van der Waals surface area contributed by atoms with E-state index < -0.39 is 0 Å². The second kappa shape index (κ2) is 5.44. The summed E-state index contributed by atoms with van der Waals surface area (Å²) in [4.78, 5) is 10.4. The minimum atomic E-state index is 0.743. The van der Waals surface area contributed by atoms with Crippen LogP contribution in [0.4, 0.5) is 0 Å². The predicted octanol–water partition coefficient (Wildman–Crippen LogP) is -0.267. The van der Waals surface area contributed by atoms with E-state index in [0.717, 1.165) is 38.4 Å². The van der Waals surface area contributed by atoms with Gasteiger partial charge < -0.3 is 5.32 Å². The summed E-state index contributed by atoms with van der Waals surface area (Å²) >= 11 is 0. The Bertz CT molecular complexity index is 346. The van der Waals surface area contributed by atoms with Crippen molar-refractivity contribution in [1.29, 1.82) is 0 Å². The number of aromatic nitrogens is 2. The van der Waals surface area contributed by atoms with Crippen LogP contribution in [0.15, 0.2) is 18.6 Å². The molecule has 4 heteroatoms. The minimum Gasteiger partial charge on any atom is -0.314 e. The van der Waals surface area contributed by atoms with E-state index in [4.69, 9.17) is 0 Å². The van der Waals surface area contributed by atoms with Crippen LogP contribution in [-0.2, 0) is 0 Å². The Kier molecular flexibility index (Phi) is 3.66. The van der Waals surface area contributed by atoms with Gasteiger partial charge in [0.1, 0.15) is 5.69 Å². The Balaban J connectivity index is 1.84. The molecule has 0 spiro atoms. The standard InChI is InChI=1S/C11H14N4/c1(2-11-10-13-3-4-14-11)7-15-8-5-12-6-9-15/h3-4,10,12H,5-9H2. The van der Waals surface area contributed by atoms with Gasteiger partial charge in [0.15, 0.2) is 0 Å². The molecule has 0 unspecified atom stereocenters. The quantitative estimate of drug-likeness (QED) is 0.637. The highest BCUT2D eigenvalue weighted by molar-refractivity contribution is 5.24. The first-order valence-electron chi connectivity index (χ1n) is 5.13. The molecule has 4 nitrogen and oxygen atoms in total. The van der Waals surface area contributed by atoms with Crippen molar-refractivity contribution in [2.75, 3.05) is 32.7 Å². The maximum atomic E-state index is 4.09. The third-order valence-electron chi connectivity index (χ3n) is 2.29. The number of piperazine rings is 1. The van der Waals surface area contributed by atoms with Crippen LogP contribution in [0.25, 0.3) is 0 Å². The van der Waals surface area contributed by atoms with Crippen molar-refractivity contribution < 1.29 is 0 Å². The molecule has 1 N–H and O–H groups in total. The van der Waals surface area contributed by atoms with Crippen LogP contribution < -0.4 is 5.32 Å². The summed E-state index contributed by atoms with van der Waals surface area (Å²) in [6.45, 7) is 5.10. The summed E-state index contributed by atoms with van der Waals surface area (Å²) in [6.07, 6.45) is 5.00. The van der Waals surface area contributed by atoms with Crippen LogP contribution in [0.3, 0.4) is 0 Å². The average Bonchev–Trinajstić information content (AvgIpc) is 2.32. The van der Waals surface area contributed by atoms with Crippen molar-refractivity contribution in [2.45, 2.75) is 0 Å². The second-order valence-electron chi connectivity index (χ2n) is 3.42. The van der Waals surface area contributed by atoms with Crippen LogP contribution in [0.1, 0.15) is 5.69 Å². The van der Waals surface area contributed by atoms with E-state index >= 15 is 0 Å². The van der Waals surface area contributed by atoms with E-state index in [2.05, 4.69) is 32.0 Å². The lowest BCUT2D eigenvalue weighted by atomic mass is 10.3. The fourth-order valence-corrected chi connectivity index (χ4v) is 1.47. The van der Waals surface area contributed by atoms with E-state index in [1.165, 1.54) is 0 Å². The molecule has 2 rings (SSSR count). The highest BCUT2D eigenvalue weighted by Crippen LogP contribution is 1.90. The summed E-state index contributed by atoms with van der Waals surface area (Å²) in [5.74, 6) is 6.12. The second-order valence-corrected chi connectivity index (χ2v) is 3.42. The van der Waals surface area contributed by atoms with Crippen molar-refractivity contribution >= 4 is 0 Å². The van der Waals surface area contributed by atoms with E-state index in [9.17, 15) is 0 Å². The molecule has 1 aromatic heterocycles. The van der Waals surface area contributed by atoms with E-state index in [0.29, 0.717) is 0 Å². The SMILES string of the molecule is C(#Cc1cnccn1)CN1CCNCC1. The zero-order chi connectivity index (χ0) is 10.3. The van der Waals surface area contributed by atoms with Crippen molar-refractivity contribution in [3.05, 3.63) is 24.3 Å². The molecule has 1 aliphatic heterocycles. The van der Waals surface area contributed by atoms with Gasteiger partial charge in [0, 0.05) is 38.6 Å². The molecule has 0 saturated carbocycles. The van der Waals surface area contributed by atoms with Crippen molar-refractivity contribution in [2.24, 2.45) is 0 Å². The van der Waals surface area contributed by atoms with E-state index in [1.54, 1.807) is 18.6 Å². The Hall–Kier alpha value is -1.44. The minimum absolute atomic E-state index is 0.743. The molecule has 0 amide bonds. The number of nitrogens with one attached hydrogen (secondary N) is 1. The zero-order valence-electron chi connectivity index (χ0n) is 8.61. The normalized spacial score (nSPS) is 16.8. The molecular formula is C11H14N4. The fourth-order valence-electron chi connectivity index (χ4n) is 1.47. The van der Waals surface area contributed by atoms with Gasteiger partial charge in [0.25, 0.3) is 0 Å². The lowest BCUT2D eigenvalue weighted by molar-refractivity contribution is 0.268. The lowest BCUT2D eigenvalue weighted by Gasteiger charge is -2.24. The van der Waals surface area contributed by atoms with Gasteiger partial charge in [0.05, 0.1) is 12.7 Å². The van der Waals surface area contributed by atoms with Gasteiger partial charge in [-0.05, 0) is 5.92 Å². The molecule has 78 valence electrons. The number of rotatable bonds is 1. The molecule has 1 aliphatic rings. The van der Waals surface area contributed by atoms with Gasteiger partial charge in [-0.1, -0.05) is 5.92 Å². The first kappa shape index (κ1) is 10.1. The van der Waals surface area contributed by atoms with Crippen LogP contribution >= 0.6 is 0 Å². The topological polar surface area (TPSA) is 41.1 Å². The molecule has 0 bridgehead atoms. The molecule has 1 aromatic rings. The Morgan fingerprint density at radius 3 is 2.93 bits per heavy atom. The fraction of sp³-hybridized carbons (Fsp3) is 0.455. The van der Waals surface area contributed by atoms with Crippen molar-refractivity contribution in [3.63, 3.8) is 0 Å². The maximum absolute atomic E-state index is 4.09. The average molecular weight is 202 g/mol. The van der Waals surface area contributed by atoms with Gasteiger partial charge in [-0.3, -0.25) is 9.88 Å². The lowest BCUT2D eigenvalue weighted by Crippen LogP contribution is -2.43. The van der Waals surface area contributed by atoms with Gasteiger partial charge >= 0.3 is 0 Å². The highest BCUT2D eigenvalue weighted by atomic mass is 15.2. The monoisotopic (exact) mass is 202 g/mol. The number of nitrogens with zero attached hydrogens (tertiary/aromatic N) is 3. The van der Waals surface area contributed by atoms with Crippen LogP contribution in [0.2, 0.25) is 0 Å². The summed E-state index contributed by atoms with van der Waals surface area (Å²) in [5, 5.41) is 3.31. The van der Waals surface area contributed by atoms with Gasteiger partial charge in [-0.2, -0.15) is 0 Å². The summed E-state index contributed by atoms with van der Waals surface area (Å²) in [7, 11) is 0. The third kappa shape index (κ3) is 3.31. The van der Waals surface area contributed by atoms with Crippen LogP contribution in [0.5, 0.6) is 0 Å². The van der Waals surface area contributed by atoms with Gasteiger partial charge in [-0.25, -0.2) is 4.98 Å². The molecule has 0 atom stereocenters. The smallest absolute Gasteiger partial charge is 0.131 e. The largest absolute Gasteiger partial charge is 0.314 e. The van der Waals surface area contributed by atoms with E-state index in [1.807, 2.05) is 0 Å². The molecule has 15 heavy (non-hydrogen) atoms. The molecule has 0 aromatic carbocycles. The van der Waals surface area contributed by atoms with Crippen LogP contribution in [-0.4, -0.2) is 47.6 Å². The van der Waals surface area contributed by atoms with Gasteiger partial charge in [-0.15, -0.1) is 0 Å². The first-order valence-corrected chi connectivity index (χ1v) is 5.13. The Morgan fingerprint density at radius 2 is 2.20 bits per heavy atom. The maximum Gasteiger partial charge on any atom is 0.131 e. The molecule has 1 saturated heterocycles. The first-order chi connectivity index (χ1) is 7.45. The van der Waals surface area contributed by atoms with E-state index in [-0.39, 0.29) is 0 Å². The number of hydrogen-bond acceptors (Lipinski definition) is 4. The number of hydrogen-bond donors (Lipinski definition) is 1. The third-order valence-corrected chi connectivity index (χ3v) is 2.29. The molecule has 0 radical (unpaired) electrons. The summed E-state index contributed by atoms with van der Waals surface area (Å²) in [6, 6.07) is 0. The Morgan fingerprint density at radius 1 is 1.33 bits per heavy atom. The highest BCUT2D eigenvalue weighted by Gasteiger charge is 2.06. The Labute approximate surface area is 89.7 Å².